The Morgan fingerprint density at radius 3 is 2.56 bits per heavy atom. The Bertz CT molecular complexity index is 614. The number of ether oxygens (including phenoxy) is 2. The van der Waals surface area contributed by atoms with Crippen LogP contribution in [0.1, 0.15) is 30.1 Å². The molecule has 1 saturated heterocycles. The van der Waals surface area contributed by atoms with Crippen LogP contribution in [0.15, 0.2) is 18.2 Å². The van der Waals surface area contributed by atoms with Gasteiger partial charge < -0.3 is 24.6 Å². The molecule has 1 fully saturated rings. The highest BCUT2D eigenvalue weighted by molar-refractivity contribution is 5.97. The molecule has 0 unspecified atom stereocenters. The number of nitrogens with one attached hydrogen (secondary N) is 1. The van der Waals surface area contributed by atoms with Crippen LogP contribution in [-0.4, -0.2) is 63.9 Å². The fourth-order valence-electron chi connectivity index (χ4n) is 2.87. The first kappa shape index (κ1) is 19.1. The van der Waals surface area contributed by atoms with E-state index < -0.39 is 5.97 Å². The van der Waals surface area contributed by atoms with Gasteiger partial charge in [-0.25, -0.2) is 9.59 Å². The summed E-state index contributed by atoms with van der Waals surface area (Å²) in [6, 6.07) is 4.96. The van der Waals surface area contributed by atoms with Crippen LogP contribution in [0, 0.1) is 0 Å². The van der Waals surface area contributed by atoms with Gasteiger partial charge in [0.2, 0.25) is 0 Å². The average Bonchev–Trinajstić information content (AvgIpc) is 3.14. The summed E-state index contributed by atoms with van der Waals surface area (Å²) in [4.78, 5) is 28.2. The fourth-order valence-corrected chi connectivity index (χ4v) is 2.87. The predicted molar refractivity (Wildman–Crippen MR) is 97.3 cm³/mol. The minimum atomic E-state index is -0.426. The normalized spacial score (nSPS) is 15.0. The molecule has 1 aromatic carbocycles. The fraction of sp³-hybridized carbons (Fsp3) is 0.556. The Morgan fingerprint density at radius 1 is 1.28 bits per heavy atom. The number of hydrogen-bond acceptors (Lipinski definition) is 5. The molecule has 1 aliphatic heterocycles. The average molecular weight is 349 g/mol. The lowest BCUT2D eigenvalue weighted by atomic mass is 10.1. The van der Waals surface area contributed by atoms with Gasteiger partial charge in [-0.05, 0) is 38.0 Å². The van der Waals surface area contributed by atoms with E-state index >= 15 is 0 Å². The highest BCUT2D eigenvalue weighted by atomic mass is 16.5. The van der Waals surface area contributed by atoms with E-state index in [1.165, 1.54) is 7.11 Å². The van der Waals surface area contributed by atoms with Gasteiger partial charge in [0.25, 0.3) is 0 Å². The van der Waals surface area contributed by atoms with Crippen molar-refractivity contribution < 1.29 is 19.1 Å². The van der Waals surface area contributed by atoms with E-state index in [9.17, 15) is 9.59 Å². The number of amides is 2. The number of anilines is 2. The minimum Gasteiger partial charge on any atom is -0.465 e. The van der Waals surface area contributed by atoms with Gasteiger partial charge in [0.1, 0.15) is 0 Å². The minimum absolute atomic E-state index is 0.0657. The number of esters is 1. The van der Waals surface area contributed by atoms with Crippen molar-refractivity contribution in [2.75, 3.05) is 51.2 Å². The number of methoxy groups -OCH3 is 2. The molecule has 1 aliphatic rings. The zero-order chi connectivity index (χ0) is 18.4. The number of nitrogens with zero attached hydrogens (tertiary/aromatic N) is 2. The third kappa shape index (κ3) is 4.63. The van der Waals surface area contributed by atoms with Crippen LogP contribution in [0.5, 0.6) is 0 Å². The number of urea groups is 1. The van der Waals surface area contributed by atoms with Crippen LogP contribution in [0.2, 0.25) is 0 Å². The van der Waals surface area contributed by atoms with Crippen molar-refractivity contribution in [1.29, 1.82) is 0 Å². The van der Waals surface area contributed by atoms with Crippen LogP contribution in [0.4, 0.5) is 16.2 Å². The van der Waals surface area contributed by atoms with Crippen LogP contribution in [0.25, 0.3) is 0 Å². The maximum absolute atomic E-state index is 12.6. The number of hydrogen-bond donors (Lipinski definition) is 1. The van der Waals surface area contributed by atoms with Crippen LogP contribution in [0.3, 0.4) is 0 Å². The van der Waals surface area contributed by atoms with Crippen molar-refractivity contribution in [1.82, 2.24) is 4.90 Å². The molecule has 2 rings (SSSR count). The Balaban J connectivity index is 2.25. The Morgan fingerprint density at radius 2 is 1.96 bits per heavy atom. The van der Waals surface area contributed by atoms with Gasteiger partial charge in [-0.1, -0.05) is 0 Å². The second-order valence-corrected chi connectivity index (χ2v) is 6.26. The van der Waals surface area contributed by atoms with E-state index in [-0.39, 0.29) is 12.1 Å². The zero-order valence-corrected chi connectivity index (χ0v) is 15.4. The Labute approximate surface area is 148 Å². The van der Waals surface area contributed by atoms with E-state index in [0.717, 1.165) is 31.6 Å². The van der Waals surface area contributed by atoms with Crippen LogP contribution in [-0.2, 0) is 9.47 Å². The Hall–Kier alpha value is -2.28. The van der Waals surface area contributed by atoms with Gasteiger partial charge in [0.05, 0.1) is 36.7 Å². The van der Waals surface area contributed by atoms with E-state index in [1.54, 1.807) is 31.2 Å². The lowest BCUT2D eigenvalue weighted by Gasteiger charge is -2.27. The first-order valence-corrected chi connectivity index (χ1v) is 8.48. The van der Waals surface area contributed by atoms with E-state index in [4.69, 9.17) is 9.47 Å². The molecule has 1 atom stereocenters. The summed E-state index contributed by atoms with van der Waals surface area (Å²) >= 11 is 0. The second kappa shape index (κ2) is 8.71. The third-order valence-electron chi connectivity index (χ3n) is 4.50. The topological polar surface area (TPSA) is 71.1 Å². The van der Waals surface area contributed by atoms with Gasteiger partial charge in [0, 0.05) is 27.2 Å². The largest absolute Gasteiger partial charge is 0.465 e. The summed E-state index contributed by atoms with van der Waals surface area (Å²) in [5.74, 6) is -0.426. The summed E-state index contributed by atoms with van der Waals surface area (Å²) in [5, 5.41) is 2.93. The molecule has 1 heterocycles. The summed E-state index contributed by atoms with van der Waals surface area (Å²) < 4.78 is 9.89. The molecule has 0 aliphatic carbocycles. The third-order valence-corrected chi connectivity index (χ3v) is 4.50. The van der Waals surface area contributed by atoms with Crippen molar-refractivity contribution in [3.8, 4) is 0 Å². The van der Waals surface area contributed by atoms with Crippen molar-refractivity contribution in [3.63, 3.8) is 0 Å². The van der Waals surface area contributed by atoms with Gasteiger partial charge in [-0.15, -0.1) is 0 Å². The number of carbonyl (C=O) groups is 2. The van der Waals surface area contributed by atoms with E-state index in [1.807, 2.05) is 13.0 Å². The summed E-state index contributed by atoms with van der Waals surface area (Å²) in [5.41, 5.74) is 1.95. The first-order chi connectivity index (χ1) is 12.0. The molecule has 1 aromatic rings. The van der Waals surface area contributed by atoms with Gasteiger partial charge in [0.15, 0.2) is 0 Å². The number of carbonyl (C=O) groups excluding carboxylic acids is 2. The summed E-state index contributed by atoms with van der Waals surface area (Å²) in [6.07, 6.45) is 2.24. The van der Waals surface area contributed by atoms with Crippen molar-refractivity contribution in [2.24, 2.45) is 0 Å². The number of rotatable bonds is 6. The van der Waals surface area contributed by atoms with Crippen molar-refractivity contribution >= 4 is 23.4 Å². The van der Waals surface area contributed by atoms with Crippen LogP contribution >= 0.6 is 0 Å². The summed E-state index contributed by atoms with van der Waals surface area (Å²) in [6.45, 7) is 4.24. The van der Waals surface area contributed by atoms with Gasteiger partial charge in [-0.3, -0.25) is 0 Å². The highest BCUT2D eigenvalue weighted by Gasteiger charge is 2.21. The van der Waals surface area contributed by atoms with E-state index in [0.29, 0.717) is 17.9 Å². The summed E-state index contributed by atoms with van der Waals surface area (Å²) in [7, 11) is 4.67. The number of likely N-dealkylation sites (N-methyl/N-ethyl adjacent to an activating group) is 1. The molecule has 1 N–H and O–H groups in total. The zero-order valence-electron chi connectivity index (χ0n) is 15.4. The molecule has 0 radical (unpaired) electrons. The molecule has 2 amide bonds. The molecule has 25 heavy (non-hydrogen) atoms. The predicted octanol–water partition coefficient (Wildman–Crippen LogP) is 2.57. The second-order valence-electron chi connectivity index (χ2n) is 6.26. The monoisotopic (exact) mass is 349 g/mol. The smallest absolute Gasteiger partial charge is 0.337 e. The molecular weight excluding hydrogens is 322 g/mol. The quantitative estimate of drug-likeness (QED) is 0.799. The number of benzene rings is 1. The van der Waals surface area contributed by atoms with Crippen LogP contribution < -0.4 is 10.2 Å². The lowest BCUT2D eigenvalue weighted by Crippen LogP contribution is -2.40. The van der Waals surface area contributed by atoms with Crippen molar-refractivity contribution in [2.45, 2.75) is 25.8 Å². The molecule has 0 saturated carbocycles. The SMILES string of the molecule is COC[C@@H](C)N(C)C(=O)Nc1cc(C(=O)OC)ccc1N1CCCC1. The maximum atomic E-state index is 12.6. The molecule has 7 nitrogen and oxygen atoms in total. The van der Waals surface area contributed by atoms with E-state index in [2.05, 4.69) is 10.2 Å². The molecule has 0 spiro atoms. The van der Waals surface area contributed by atoms with Gasteiger partial charge in [-0.2, -0.15) is 0 Å². The lowest BCUT2D eigenvalue weighted by molar-refractivity contribution is 0.0600. The molecular formula is C18H27N3O4. The molecule has 138 valence electrons. The highest BCUT2D eigenvalue weighted by Crippen LogP contribution is 2.30. The standard InChI is InChI=1S/C18H27N3O4/c1-13(12-24-3)20(2)18(23)19-15-11-14(17(22)25-4)7-8-16(15)21-9-5-6-10-21/h7-8,11,13H,5-6,9-10,12H2,1-4H3,(H,19,23)/t13-/m1/s1. The Kier molecular flexibility index (Phi) is 6.64. The van der Waals surface area contributed by atoms with Crippen molar-refractivity contribution in [3.05, 3.63) is 23.8 Å². The first-order valence-electron chi connectivity index (χ1n) is 8.48. The molecule has 0 bridgehead atoms. The van der Waals surface area contributed by atoms with Gasteiger partial charge >= 0.3 is 12.0 Å². The molecule has 0 aromatic heterocycles. The molecule has 7 heteroatoms. The maximum Gasteiger partial charge on any atom is 0.337 e.